The fourth-order valence-electron chi connectivity index (χ4n) is 1.71. The number of thiophene rings is 1. The van der Waals surface area contributed by atoms with E-state index in [4.69, 9.17) is 10.5 Å². The van der Waals surface area contributed by atoms with Gasteiger partial charge >= 0.3 is 0 Å². The zero-order valence-electron chi connectivity index (χ0n) is 10.4. The van der Waals surface area contributed by atoms with Gasteiger partial charge in [0.15, 0.2) is 0 Å². The number of aromatic nitrogens is 2. The van der Waals surface area contributed by atoms with Gasteiger partial charge in [0.2, 0.25) is 5.88 Å². The first kappa shape index (κ1) is 12.1. The summed E-state index contributed by atoms with van der Waals surface area (Å²) >= 11 is 1.73. The molecule has 2 aromatic heterocycles. The maximum Gasteiger partial charge on any atom is 0.212 e. The molecule has 0 aliphatic carbocycles. The molecule has 0 saturated carbocycles. The maximum absolute atomic E-state index is 5.75. The van der Waals surface area contributed by atoms with Crippen molar-refractivity contribution in [2.45, 2.75) is 27.0 Å². The van der Waals surface area contributed by atoms with Gasteiger partial charge < -0.3 is 10.5 Å². The van der Waals surface area contributed by atoms with Crippen LogP contribution in [0.25, 0.3) is 0 Å². The van der Waals surface area contributed by atoms with Crippen LogP contribution in [0.2, 0.25) is 0 Å². The minimum Gasteiger partial charge on any atom is -0.473 e. The van der Waals surface area contributed by atoms with Gasteiger partial charge in [-0.15, -0.1) is 11.3 Å². The Labute approximate surface area is 105 Å². The third kappa shape index (κ3) is 2.68. The average Bonchev–Trinajstić information content (AvgIpc) is 2.79. The first-order valence-electron chi connectivity index (χ1n) is 5.52. The summed E-state index contributed by atoms with van der Waals surface area (Å²) < 4.78 is 7.50. The summed E-state index contributed by atoms with van der Waals surface area (Å²) in [6.07, 6.45) is 0. The number of rotatable bonds is 4. The van der Waals surface area contributed by atoms with Gasteiger partial charge in [0.05, 0.1) is 5.69 Å². The Bertz CT molecular complexity index is 516. The highest BCUT2D eigenvalue weighted by atomic mass is 32.1. The molecule has 2 N–H and O–H groups in total. The van der Waals surface area contributed by atoms with Crippen LogP contribution in [0.15, 0.2) is 12.1 Å². The highest BCUT2D eigenvalue weighted by molar-refractivity contribution is 7.12. The van der Waals surface area contributed by atoms with E-state index in [2.05, 4.69) is 18.1 Å². The first-order valence-corrected chi connectivity index (χ1v) is 6.33. The summed E-state index contributed by atoms with van der Waals surface area (Å²) in [6.45, 7) is 5.21. The van der Waals surface area contributed by atoms with E-state index in [1.165, 1.54) is 15.3 Å². The molecule has 2 rings (SSSR count). The molecule has 0 atom stereocenters. The van der Waals surface area contributed by atoms with Crippen LogP contribution in [-0.2, 0) is 20.2 Å². The number of hydrogen-bond donors (Lipinski definition) is 1. The monoisotopic (exact) mass is 251 g/mol. The van der Waals surface area contributed by atoms with Crippen LogP contribution >= 0.6 is 11.3 Å². The van der Waals surface area contributed by atoms with Crippen molar-refractivity contribution in [2.24, 2.45) is 12.8 Å². The SMILES string of the molecule is Cc1cc(OCc2cc(CN)sc2C)n(C)n1. The summed E-state index contributed by atoms with van der Waals surface area (Å²) in [5.41, 5.74) is 7.79. The zero-order chi connectivity index (χ0) is 12.4. The van der Waals surface area contributed by atoms with E-state index in [0.29, 0.717) is 13.2 Å². The maximum atomic E-state index is 5.75. The molecule has 0 unspecified atom stereocenters. The molecule has 92 valence electrons. The van der Waals surface area contributed by atoms with Crippen LogP contribution in [0.4, 0.5) is 0 Å². The average molecular weight is 251 g/mol. The van der Waals surface area contributed by atoms with Gasteiger partial charge in [-0.2, -0.15) is 5.10 Å². The molecule has 0 amide bonds. The fourth-order valence-corrected chi connectivity index (χ4v) is 2.63. The Morgan fingerprint density at radius 1 is 1.41 bits per heavy atom. The van der Waals surface area contributed by atoms with Gasteiger partial charge in [0.25, 0.3) is 0 Å². The second-order valence-electron chi connectivity index (χ2n) is 4.03. The Morgan fingerprint density at radius 3 is 2.71 bits per heavy atom. The fraction of sp³-hybridized carbons (Fsp3) is 0.417. The summed E-state index contributed by atoms with van der Waals surface area (Å²) in [4.78, 5) is 2.46. The molecule has 0 saturated heterocycles. The molecule has 0 aliphatic rings. The van der Waals surface area contributed by atoms with E-state index in [1.54, 1.807) is 16.0 Å². The van der Waals surface area contributed by atoms with E-state index in [9.17, 15) is 0 Å². The van der Waals surface area contributed by atoms with Crippen molar-refractivity contribution in [1.82, 2.24) is 9.78 Å². The molecule has 0 aliphatic heterocycles. The molecule has 5 heteroatoms. The molecular formula is C12H17N3OS. The van der Waals surface area contributed by atoms with Gasteiger partial charge in [-0.3, -0.25) is 0 Å². The van der Waals surface area contributed by atoms with Gasteiger partial charge in [-0.05, 0) is 19.9 Å². The summed E-state index contributed by atoms with van der Waals surface area (Å²) in [6, 6.07) is 4.05. The number of aryl methyl sites for hydroxylation is 3. The van der Waals surface area contributed by atoms with Crippen LogP contribution in [0.3, 0.4) is 0 Å². The minimum atomic E-state index is 0.571. The van der Waals surface area contributed by atoms with Crippen LogP contribution < -0.4 is 10.5 Å². The van der Waals surface area contributed by atoms with Crippen LogP contribution in [-0.4, -0.2) is 9.78 Å². The molecule has 0 fully saturated rings. The molecule has 0 aromatic carbocycles. The van der Waals surface area contributed by atoms with E-state index in [-0.39, 0.29) is 0 Å². The summed E-state index contributed by atoms with van der Waals surface area (Å²) in [5.74, 6) is 0.794. The molecule has 0 bridgehead atoms. The Morgan fingerprint density at radius 2 is 2.18 bits per heavy atom. The second-order valence-corrected chi connectivity index (χ2v) is 5.38. The highest BCUT2D eigenvalue weighted by Gasteiger charge is 2.07. The third-order valence-corrected chi connectivity index (χ3v) is 3.72. The van der Waals surface area contributed by atoms with E-state index < -0.39 is 0 Å². The standard InChI is InChI=1S/C12H17N3OS/c1-8-4-12(15(3)14-8)16-7-10-5-11(6-13)17-9(10)2/h4-5H,6-7,13H2,1-3H3. The number of hydrogen-bond acceptors (Lipinski definition) is 4. The third-order valence-electron chi connectivity index (χ3n) is 2.61. The highest BCUT2D eigenvalue weighted by Crippen LogP contribution is 2.23. The molecule has 2 heterocycles. The molecule has 4 nitrogen and oxygen atoms in total. The van der Waals surface area contributed by atoms with Gasteiger partial charge in [-0.25, -0.2) is 4.68 Å². The predicted octanol–water partition coefficient (Wildman–Crippen LogP) is 2.14. The van der Waals surface area contributed by atoms with Gasteiger partial charge in [0, 0.05) is 35.0 Å². The normalized spacial score (nSPS) is 10.8. The molecule has 0 radical (unpaired) electrons. The first-order chi connectivity index (χ1) is 8.10. The van der Waals surface area contributed by atoms with Crippen molar-refractivity contribution >= 4 is 11.3 Å². The Kier molecular flexibility index (Phi) is 3.49. The van der Waals surface area contributed by atoms with Crippen molar-refractivity contribution < 1.29 is 4.74 Å². The zero-order valence-corrected chi connectivity index (χ0v) is 11.2. The largest absolute Gasteiger partial charge is 0.473 e. The lowest BCUT2D eigenvalue weighted by Crippen LogP contribution is -2.01. The lowest BCUT2D eigenvalue weighted by atomic mass is 10.2. The van der Waals surface area contributed by atoms with Gasteiger partial charge in [-0.1, -0.05) is 0 Å². The minimum absolute atomic E-state index is 0.571. The summed E-state index contributed by atoms with van der Waals surface area (Å²) in [7, 11) is 1.88. The van der Waals surface area contributed by atoms with Crippen molar-refractivity contribution in [2.75, 3.05) is 0 Å². The van der Waals surface area contributed by atoms with E-state index in [0.717, 1.165) is 11.6 Å². The van der Waals surface area contributed by atoms with E-state index in [1.807, 2.05) is 20.0 Å². The van der Waals surface area contributed by atoms with Crippen molar-refractivity contribution in [3.05, 3.63) is 33.1 Å². The predicted molar refractivity (Wildman–Crippen MR) is 69.2 cm³/mol. The molecular weight excluding hydrogens is 234 g/mol. The Balaban J connectivity index is 2.06. The van der Waals surface area contributed by atoms with Gasteiger partial charge in [0.1, 0.15) is 6.61 Å². The lowest BCUT2D eigenvalue weighted by Gasteiger charge is -2.05. The van der Waals surface area contributed by atoms with Crippen LogP contribution in [0, 0.1) is 13.8 Å². The Hall–Kier alpha value is -1.33. The second kappa shape index (κ2) is 4.89. The number of ether oxygens (including phenoxy) is 1. The molecule has 17 heavy (non-hydrogen) atoms. The lowest BCUT2D eigenvalue weighted by molar-refractivity contribution is 0.278. The van der Waals surface area contributed by atoms with Crippen molar-refractivity contribution in [1.29, 1.82) is 0 Å². The quantitative estimate of drug-likeness (QED) is 0.905. The number of nitrogens with zero attached hydrogens (tertiary/aromatic N) is 2. The van der Waals surface area contributed by atoms with Crippen molar-refractivity contribution in [3.8, 4) is 5.88 Å². The molecule has 0 spiro atoms. The smallest absolute Gasteiger partial charge is 0.212 e. The van der Waals surface area contributed by atoms with E-state index >= 15 is 0 Å². The topological polar surface area (TPSA) is 53.1 Å². The molecule has 2 aromatic rings. The van der Waals surface area contributed by atoms with Crippen molar-refractivity contribution in [3.63, 3.8) is 0 Å². The van der Waals surface area contributed by atoms with Crippen LogP contribution in [0.1, 0.15) is 21.0 Å². The number of nitrogens with two attached hydrogens (primary N) is 1. The summed E-state index contributed by atoms with van der Waals surface area (Å²) in [5, 5.41) is 4.24. The van der Waals surface area contributed by atoms with Crippen LogP contribution in [0.5, 0.6) is 5.88 Å².